The van der Waals surface area contributed by atoms with Gasteiger partial charge in [0.05, 0.1) is 23.0 Å². The van der Waals surface area contributed by atoms with Gasteiger partial charge < -0.3 is 9.84 Å². The van der Waals surface area contributed by atoms with Crippen LogP contribution in [0, 0.1) is 0 Å². The van der Waals surface area contributed by atoms with Gasteiger partial charge in [0, 0.05) is 27.0 Å². The molecule has 2 rings (SSSR count). The van der Waals surface area contributed by atoms with Crippen LogP contribution < -0.4 is 0 Å². The molecule has 1 aliphatic carbocycles. The Labute approximate surface area is 87.4 Å². The Kier molecular flexibility index (Phi) is 2.29. The van der Waals surface area contributed by atoms with Crippen LogP contribution in [0.3, 0.4) is 0 Å². The molecule has 0 radical (unpaired) electrons. The van der Waals surface area contributed by atoms with Crippen LogP contribution in [0.4, 0.5) is 0 Å². The summed E-state index contributed by atoms with van der Waals surface area (Å²) in [6.45, 7) is 0. The van der Waals surface area contributed by atoms with Gasteiger partial charge in [-0.1, -0.05) is 11.6 Å². The zero-order chi connectivity index (χ0) is 10.3. The first-order chi connectivity index (χ1) is 6.57. The van der Waals surface area contributed by atoms with Gasteiger partial charge in [-0.3, -0.25) is 4.68 Å². The number of aliphatic hydroxyl groups is 1. The van der Waals surface area contributed by atoms with Crippen LogP contribution >= 0.6 is 11.6 Å². The van der Waals surface area contributed by atoms with Crippen molar-refractivity contribution in [1.82, 2.24) is 9.78 Å². The van der Waals surface area contributed by atoms with Crippen molar-refractivity contribution in [3.63, 3.8) is 0 Å². The van der Waals surface area contributed by atoms with Crippen molar-refractivity contribution < 1.29 is 9.84 Å². The number of hydrogen-bond acceptors (Lipinski definition) is 3. The predicted octanol–water partition coefficient (Wildman–Crippen LogP) is 1.07. The molecule has 1 saturated carbocycles. The number of aromatic nitrogens is 2. The highest BCUT2D eigenvalue weighted by Crippen LogP contribution is 2.44. The monoisotopic (exact) mass is 216 g/mol. The second-order valence-corrected chi connectivity index (χ2v) is 4.17. The van der Waals surface area contributed by atoms with Crippen LogP contribution in [0.5, 0.6) is 0 Å². The molecule has 0 amide bonds. The standard InChI is InChI=1S/C9H13ClN2O2/c1-12-8(7(10)5-11-12)9(13)3-6(4-9)14-2/h5-6,13H,3-4H2,1-2H3. The minimum Gasteiger partial charge on any atom is -0.383 e. The molecule has 1 aromatic rings. The minimum absolute atomic E-state index is 0.131. The largest absolute Gasteiger partial charge is 0.383 e. The molecule has 0 aliphatic heterocycles. The topological polar surface area (TPSA) is 47.3 Å². The zero-order valence-electron chi connectivity index (χ0n) is 8.20. The van der Waals surface area contributed by atoms with Gasteiger partial charge in [0.15, 0.2) is 0 Å². The second-order valence-electron chi connectivity index (χ2n) is 3.76. The summed E-state index contributed by atoms with van der Waals surface area (Å²) < 4.78 is 6.75. The van der Waals surface area contributed by atoms with E-state index in [2.05, 4.69) is 5.10 Å². The zero-order valence-corrected chi connectivity index (χ0v) is 8.95. The number of rotatable bonds is 2. The van der Waals surface area contributed by atoms with Gasteiger partial charge in [-0.25, -0.2) is 0 Å². The molecule has 5 heteroatoms. The van der Waals surface area contributed by atoms with Crippen molar-refractivity contribution in [3.8, 4) is 0 Å². The van der Waals surface area contributed by atoms with E-state index in [0.29, 0.717) is 23.6 Å². The Morgan fingerprint density at radius 1 is 1.71 bits per heavy atom. The quantitative estimate of drug-likeness (QED) is 0.805. The van der Waals surface area contributed by atoms with E-state index in [1.54, 1.807) is 25.0 Å². The van der Waals surface area contributed by atoms with Crippen LogP contribution in [-0.4, -0.2) is 28.1 Å². The van der Waals surface area contributed by atoms with Crippen LogP contribution in [0.15, 0.2) is 6.20 Å². The van der Waals surface area contributed by atoms with Crippen molar-refractivity contribution in [2.24, 2.45) is 7.05 Å². The van der Waals surface area contributed by atoms with E-state index in [0.717, 1.165) is 0 Å². The first kappa shape index (κ1) is 9.96. The van der Waals surface area contributed by atoms with Gasteiger partial charge in [0.25, 0.3) is 0 Å². The summed E-state index contributed by atoms with van der Waals surface area (Å²) in [4.78, 5) is 0. The summed E-state index contributed by atoms with van der Waals surface area (Å²) in [6.07, 6.45) is 2.85. The normalized spacial score (nSPS) is 31.6. The maximum atomic E-state index is 10.2. The third-order valence-electron chi connectivity index (χ3n) is 2.80. The summed E-state index contributed by atoms with van der Waals surface area (Å²) in [7, 11) is 3.43. The maximum absolute atomic E-state index is 10.2. The highest BCUT2D eigenvalue weighted by Gasteiger charge is 2.47. The number of ether oxygens (including phenoxy) is 1. The Balaban J connectivity index is 2.24. The van der Waals surface area contributed by atoms with Crippen LogP contribution in [0.25, 0.3) is 0 Å². The van der Waals surface area contributed by atoms with E-state index in [-0.39, 0.29) is 6.10 Å². The van der Waals surface area contributed by atoms with Gasteiger partial charge in [0.1, 0.15) is 5.60 Å². The molecule has 78 valence electrons. The highest BCUT2D eigenvalue weighted by molar-refractivity contribution is 6.31. The van der Waals surface area contributed by atoms with E-state index in [1.165, 1.54) is 0 Å². The fourth-order valence-corrected chi connectivity index (χ4v) is 2.33. The molecule has 0 aromatic carbocycles. The van der Waals surface area contributed by atoms with Crippen molar-refractivity contribution in [3.05, 3.63) is 16.9 Å². The number of hydrogen-bond donors (Lipinski definition) is 1. The molecule has 14 heavy (non-hydrogen) atoms. The van der Waals surface area contributed by atoms with Gasteiger partial charge in [-0.15, -0.1) is 0 Å². The summed E-state index contributed by atoms with van der Waals surface area (Å²) in [5.74, 6) is 0. The summed E-state index contributed by atoms with van der Waals surface area (Å²) >= 11 is 5.95. The number of nitrogens with zero attached hydrogens (tertiary/aromatic N) is 2. The molecule has 1 fully saturated rings. The lowest BCUT2D eigenvalue weighted by molar-refractivity contribution is -0.137. The number of methoxy groups -OCH3 is 1. The fourth-order valence-electron chi connectivity index (χ4n) is 1.99. The Bertz CT molecular complexity index is 325. The van der Waals surface area contributed by atoms with Gasteiger partial charge in [0.2, 0.25) is 0 Å². The molecule has 0 unspecified atom stereocenters. The predicted molar refractivity (Wildman–Crippen MR) is 52.1 cm³/mol. The molecule has 1 heterocycles. The van der Waals surface area contributed by atoms with E-state index in [9.17, 15) is 5.11 Å². The smallest absolute Gasteiger partial charge is 0.113 e. The molecule has 0 spiro atoms. The number of halogens is 1. The van der Waals surface area contributed by atoms with Crippen LogP contribution in [0.1, 0.15) is 18.5 Å². The summed E-state index contributed by atoms with van der Waals surface area (Å²) in [5, 5.41) is 14.7. The van der Waals surface area contributed by atoms with Gasteiger partial charge in [-0.2, -0.15) is 5.10 Å². The molecule has 0 atom stereocenters. The summed E-state index contributed by atoms with van der Waals surface area (Å²) in [5.41, 5.74) is -0.171. The SMILES string of the molecule is COC1CC(O)(c2c(Cl)cnn2C)C1. The Morgan fingerprint density at radius 3 is 2.79 bits per heavy atom. The lowest BCUT2D eigenvalue weighted by Gasteiger charge is -2.42. The van der Waals surface area contributed by atoms with Crippen LogP contribution in [0.2, 0.25) is 5.02 Å². The average Bonchev–Trinajstić information content (AvgIpc) is 2.41. The molecule has 1 N–H and O–H groups in total. The molecular weight excluding hydrogens is 204 g/mol. The van der Waals surface area contributed by atoms with Crippen molar-refractivity contribution >= 4 is 11.6 Å². The first-order valence-corrected chi connectivity index (χ1v) is 4.88. The average molecular weight is 217 g/mol. The van der Waals surface area contributed by atoms with E-state index in [4.69, 9.17) is 16.3 Å². The van der Waals surface area contributed by atoms with Gasteiger partial charge >= 0.3 is 0 Å². The molecule has 1 aliphatic rings. The lowest BCUT2D eigenvalue weighted by atomic mass is 9.75. The van der Waals surface area contributed by atoms with Gasteiger partial charge in [-0.05, 0) is 0 Å². The third kappa shape index (κ3) is 1.34. The van der Waals surface area contributed by atoms with E-state index >= 15 is 0 Å². The van der Waals surface area contributed by atoms with Crippen LogP contribution in [-0.2, 0) is 17.4 Å². The fraction of sp³-hybridized carbons (Fsp3) is 0.667. The molecule has 1 aromatic heterocycles. The molecule has 4 nitrogen and oxygen atoms in total. The molecule has 0 saturated heterocycles. The Hall–Kier alpha value is -0.580. The molecular formula is C9H13ClN2O2. The van der Waals surface area contributed by atoms with Crippen molar-refractivity contribution in [1.29, 1.82) is 0 Å². The second kappa shape index (κ2) is 3.22. The maximum Gasteiger partial charge on any atom is 0.113 e. The lowest BCUT2D eigenvalue weighted by Crippen LogP contribution is -2.46. The highest BCUT2D eigenvalue weighted by atomic mass is 35.5. The van der Waals surface area contributed by atoms with E-state index in [1.807, 2.05) is 0 Å². The molecule has 0 bridgehead atoms. The minimum atomic E-state index is -0.858. The van der Waals surface area contributed by atoms with E-state index < -0.39 is 5.60 Å². The Morgan fingerprint density at radius 2 is 2.36 bits per heavy atom. The summed E-state index contributed by atoms with van der Waals surface area (Å²) in [6, 6.07) is 0. The van der Waals surface area contributed by atoms with Crippen molar-refractivity contribution in [2.45, 2.75) is 24.5 Å². The first-order valence-electron chi connectivity index (χ1n) is 4.50. The third-order valence-corrected chi connectivity index (χ3v) is 3.08. The number of aryl methyl sites for hydroxylation is 1. The van der Waals surface area contributed by atoms with Crippen molar-refractivity contribution in [2.75, 3.05) is 7.11 Å².